The molecule has 28 heavy (non-hydrogen) atoms. The number of aromatic amines is 2. The van der Waals surface area contributed by atoms with E-state index in [1.54, 1.807) is 21.8 Å². The fourth-order valence-electron chi connectivity index (χ4n) is 3.08. The van der Waals surface area contributed by atoms with Crippen LogP contribution in [0.2, 0.25) is 0 Å². The van der Waals surface area contributed by atoms with Crippen LogP contribution >= 0.6 is 0 Å². The molecule has 3 rings (SSSR count). The van der Waals surface area contributed by atoms with Crippen LogP contribution in [0, 0.1) is 5.41 Å². The molecule has 10 nitrogen and oxygen atoms in total. The van der Waals surface area contributed by atoms with Gasteiger partial charge in [0.1, 0.15) is 11.5 Å². The summed E-state index contributed by atoms with van der Waals surface area (Å²) in [6, 6.07) is 2.87. The highest BCUT2D eigenvalue weighted by Crippen LogP contribution is 2.27. The van der Waals surface area contributed by atoms with Gasteiger partial charge in [0.25, 0.3) is 11.5 Å². The number of likely N-dealkylation sites (tertiary alicyclic amines) is 1. The summed E-state index contributed by atoms with van der Waals surface area (Å²) in [7, 11) is 0. The first-order valence-electron chi connectivity index (χ1n) is 9.13. The maximum absolute atomic E-state index is 12.5. The summed E-state index contributed by atoms with van der Waals surface area (Å²) in [6.45, 7) is 6.42. The Balaban J connectivity index is 1.67. The zero-order valence-corrected chi connectivity index (χ0v) is 16.1. The van der Waals surface area contributed by atoms with Crippen molar-refractivity contribution >= 4 is 17.6 Å². The van der Waals surface area contributed by atoms with E-state index in [4.69, 9.17) is 0 Å². The molecular formula is C18H24N6O4. The Bertz CT molecular complexity index is 960. The highest BCUT2D eigenvalue weighted by atomic mass is 16.2. The highest BCUT2D eigenvalue weighted by molar-refractivity contribution is 5.94. The number of hydrogen-bond acceptors (Lipinski definition) is 5. The third-order valence-electron chi connectivity index (χ3n) is 4.68. The van der Waals surface area contributed by atoms with E-state index in [-0.39, 0.29) is 23.6 Å². The topological polar surface area (TPSA) is 133 Å². The van der Waals surface area contributed by atoms with Crippen molar-refractivity contribution in [2.45, 2.75) is 39.7 Å². The summed E-state index contributed by atoms with van der Waals surface area (Å²) >= 11 is 0. The average molecular weight is 388 g/mol. The van der Waals surface area contributed by atoms with Gasteiger partial charge in [-0.2, -0.15) is 5.10 Å². The number of carbonyl (C=O) groups is 2. The Morgan fingerprint density at radius 2 is 1.86 bits per heavy atom. The van der Waals surface area contributed by atoms with Crippen molar-refractivity contribution in [3.63, 3.8) is 0 Å². The molecule has 0 radical (unpaired) electrons. The second kappa shape index (κ2) is 7.45. The van der Waals surface area contributed by atoms with Gasteiger partial charge >= 0.3 is 5.69 Å². The molecule has 3 N–H and O–H groups in total. The zero-order valence-electron chi connectivity index (χ0n) is 16.1. The normalized spacial score (nSPS) is 15.5. The monoisotopic (exact) mass is 388 g/mol. The Labute approximate surface area is 160 Å². The Hall–Kier alpha value is -3.17. The number of amides is 2. The highest BCUT2D eigenvalue weighted by Gasteiger charge is 2.28. The second-order valence-electron chi connectivity index (χ2n) is 7.89. The van der Waals surface area contributed by atoms with E-state index in [9.17, 15) is 19.2 Å². The van der Waals surface area contributed by atoms with Crippen molar-refractivity contribution < 1.29 is 9.59 Å². The van der Waals surface area contributed by atoms with Crippen molar-refractivity contribution in [1.82, 2.24) is 24.6 Å². The van der Waals surface area contributed by atoms with Gasteiger partial charge in [0.05, 0.1) is 12.2 Å². The smallest absolute Gasteiger partial charge is 0.326 e. The lowest BCUT2D eigenvalue weighted by molar-refractivity contribution is -0.123. The lowest BCUT2D eigenvalue weighted by Gasteiger charge is -2.32. The van der Waals surface area contributed by atoms with Gasteiger partial charge in [0.15, 0.2) is 0 Å². The molecule has 1 fully saturated rings. The molecule has 2 aromatic heterocycles. The lowest BCUT2D eigenvalue weighted by atomic mass is 9.96. The van der Waals surface area contributed by atoms with Crippen LogP contribution in [0.15, 0.2) is 27.9 Å². The quantitative estimate of drug-likeness (QED) is 0.713. The van der Waals surface area contributed by atoms with Gasteiger partial charge in [-0.05, 0) is 12.8 Å². The van der Waals surface area contributed by atoms with Crippen LogP contribution in [0.4, 0.5) is 5.82 Å². The van der Waals surface area contributed by atoms with Gasteiger partial charge < -0.3 is 15.2 Å². The van der Waals surface area contributed by atoms with Crippen LogP contribution in [-0.2, 0) is 4.79 Å². The minimum atomic E-state index is -0.707. The SMILES string of the molecule is CC(C)(C)C(=O)Nc1ccnn1C1CCN(C(=O)c2cc(=O)[nH]c(=O)[nH]2)CC1. The van der Waals surface area contributed by atoms with E-state index < -0.39 is 16.7 Å². The lowest BCUT2D eigenvalue weighted by Crippen LogP contribution is -2.41. The molecule has 0 aliphatic carbocycles. The number of rotatable bonds is 3. The molecule has 150 valence electrons. The molecule has 0 saturated carbocycles. The number of piperidine rings is 1. The van der Waals surface area contributed by atoms with Gasteiger partial charge in [0.2, 0.25) is 5.91 Å². The summed E-state index contributed by atoms with van der Waals surface area (Å²) in [5, 5.41) is 7.23. The molecule has 3 heterocycles. The first kappa shape index (κ1) is 19.6. The third-order valence-corrected chi connectivity index (χ3v) is 4.68. The van der Waals surface area contributed by atoms with E-state index in [0.717, 1.165) is 6.07 Å². The van der Waals surface area contributed by atoms with Gasteiger partial charge in [0, 0.05) is 30.6 Å². The number of nitrogens with one attached hydrogen (secondary N) is 3. The molecule has 0 spiro atoms. The summed E-state index contributed by atoms with van der Waals surface area (Å²) in [6.07, 6.45) is 2.91. The molecule has 0 unspecified atom stereocenters. The van der Waals surface area contributed by atoms with Gasteiger partial charge in [-0.25, -0.2) is 9.48 Å². The molecule has 0 atom stereocenters. The molecule has 1 aliphatic rings. The molecule has 2 amide bonds. The van der Waals surface area contributed by atoms with E-state index in [0.29, 0.717) is 31.7 Å². The number of anilines is 1. The van der Waals surface area contributed by atoms with Crippen LogP contribution in [0.25, 0.3) is 0 Å². The van der Waals surface area contributed by atoms with Crippen molar-refractivity contribution in [3.8, 4) is 0 Å². The number of hydrogen-bond donors (Lipinski definition) is 3. The first-order chi connectivity index (χ1) is 13.1. The van der Waals surface area contributed by atoms with Crippen molar-refractivity contribution in [3.05, 3.63) is 44.9 Å². The number of nitrogens with zero attached hydrogens (tertiary/aromatic N) is 3. The first-order valence-corrected chi connectivity index (χ1v) is 9.13. The third kappa shape index (κ3) is 4.21. The number of aromatic nitrogens is 4. The minimum absolute atomic E-state index is 0.0237. The van der Waals surface area contributed by atoms with Gasteiger partial charge in [-0.15, -0.1) is 0 Å². The molecule has 1 aliphatic heterocycles. The zero-order chi connectivity index (χ0) is 20.5. The van der Waals surface area contributed by atoms with Crippen molar-refractivity contribution in [2.75, 3.05) is 18.4 Å². The largest absolute Gasteiger partial charge is 0.337 e. The van der Waals surface area contributed by atoms with Crippen LogP contribution in [0.3, 0.4) is 0 Å². The van der Waals surface area contributed by atoms with Crippen LogP contribution in [0.1, 0.15) is 50.1 Å². The predicted molar refractivity (Wildman–Crippen MR) is 102 cm³/mol. The fraction of sp³-hybridized carbons (Fsp3) is 0.500. The summed E-state index contributed by atoms with van der Waals surface area (Å²) in [5.74, 6) is 0.145. The molecular weight excluding hydrogens is 364 g/mol. The Morgan fingerprint density at radius 1 is 1.18 bits per heavy atom. The Kier molecular flexibility index (Phi) is 5.21. The summed E-state index contributed by atoms with van der Waals surface area (Å²) in [5.41, 5.74) is -1.86. The van der Waals surface area contributed by atoms with E-state index >= 15 is 0 Å². The fourth-order valence-corrected chi connectivity index (χ4v) is 3.08. The minimum Gasteiger partial charge on any atom is -0.337 e. The summed E-state index contributed by atoms with van der Waals surface area (Å²) in [4.78, 5) is 53.6. The molecule has 0 bridgehead atoms. The number of carbonyl (C=O) groups excluding carboxylic acids is 2. The van der Waals surface area contributed by atoms with E-state index in [2.05, 4.69) is 15.4 Å². The average Bonchev–Trinajstić information content (AvgIpc) is 3.07. The maximum atomic E-state index is 12.5. The van der Waals surface area contributed by atoms with Crippen molar-refractivity contribution in [1.29, 1.82) is 0 Å². The van der Waals surface area contributed by atoms with Crippen molar-refractivity contribution in [2.24, 2.45) is 5.41 Å². The van der Waals surface area contributed by atoms with Gasteiger partial charge in [-0.3, -0.25) is 19.4 Å². The standard InChI is InChI=1S/C18H24N6O4/c1-18(2,3)16(27)21-13-4-7-19-24(13)11-5-8-23(9-6-11)15(26)12-10-14(25)22-17(28)20-12/h4,7,10-11H,5-6,8-9H2,1-3H3,(H,21,27)(H2,20,22,25,28). The summed E-state index contributed by atoms with van der Waals surface area (Å²) < 4.78 is 1.78. The second-order valence-corrected chi connectivity index (χ2v) is 7.89. The maximum Gasteiger partial charge on any atom is 0.326 e. The van der Waals surface area contributed by atoms with E-state index in [1.807, 2.05) is 25.8 Å². The van der Waals surface area contributed by atoms with E-state index in [1.165, 1.54) is 0 Å². The van der Waals surface area contributed by atoms with Crippen LogP contribution in [0.5, 0.6) is 0 Å². The van der Waals surface area contributed by atoms with Crippen LogP contribution < -0.4 is 16.6 Å². The Morgan fingerprint density at radius 3 is 2.46 bits per heavy atom. The molecule has 10 heteroatoms. The van der Waals surface area contributed by atoms with Crippen LogP contribution in [-0.4, -0.2) is 49.6 Å². The predicted octanol–water partition coefficient (Wildman–Crippen LogP) is 0.722. The molecule has 2 aromatic rings. The molecule has 0 aromatic carbocycles. The van der Waals surface area contributed by atoms with Gasteiger partial charge in [-0.1, -0.05) is 20.8 Å². The number of H-pyrrole nitrogens is 2. The molecule has 1 saturated heterocycles.